The van der Waals surface area contributed by atoms with Gasteiger partial charge in [-0.25, -0.2) is 4.39 Å². The Morgan fingerprint density at radius 2 is 2.11 bits per heavy atom. The second-order valence-electron chi connectivity index (χ2n) is 4.31. The van der Waals surface area contributed by atoms with E-state index >= 15 is 0 Å². The summed E-state index contributed by atoms with van der Waals surface area (Å²) in [5.41, 5.74) is 4.37. The van der Waals surface area contributed by atoms with Crippen LogP contribution in [0.1, 0.15) is 27.2 Å². The molecule has 1 atom stereocenters. The van der Waals surface area contributed by atoms with Crippen molar-refractivity contribution in [2.75, 3.05) is 0 Å². The summed E-state index contributed by atoms with van der Waals surface area (Å²) in [4.78, 5) is 0. The Balaban J connectivity index is 5.75. The summed E-state index contributed by atoms with van der Waals surface area (Å²) in [6, 6.07) is 1.88. The van der Waals surface area contributed by atoms with Gasteiger partial charge in [0.05, 0.1) is 17.3 Å². The summed E-state index contributed by atoms with van der Waals surface area (Å²) in [6.45, 7) is 8.83. The van der Waals surface area contributed by atoms with Crippen molar-refractivity contribution in [1.82, 2.24) is 0 Å². The normalized spacial score (nSPS) is 15.7. The summed E-state index contributed by atoms with van der Waals surface area (Å²) >= 11 is 0. The van der Waals surface area contributed by atoms with E-state index < -0.39 is 5.67 Å². The van der Waals surface area contributed by atoms with E-state index in [-0.39, 0.29) is 29.2 Å². The molecular formula is C15H19FN2. The van der Waals surface area contributed by atoms with Gasteiger partial charge in [0.15, 0.2) is 0 Å². The fourth-order valence-electron chi connectivity index (χ4n) is 1.68. The second-order valence-corrected chi connectivity index (χ2v) is 4.31. The van der Waals surface area contributed by atoms with Crippen LogP contribution in [0.25, 0.3) is 0 Å². The molecule has 0 saturated carbocycles. The number of terminal acetylenes is 1. The average molecular weight is 246 g/mol. The van der Waals surface area contributed by atoms with E-state index in [0.29, 0.717) is 0 Å². The van der Waals surface area contributed by atoms with Crippen molar-refractivity contribution in [3.8, 4) is 18.4 Å². The Morgan fingerprint density at radius 1 is 1.56 bits per heavy atom. The highest BCUT2D eigenvalue weighted by Gasteiger charge is 2.37. The maximum atomic E-state index is 14.9. The van der Waals surface area contributed by atoms with Crippen molar-refractivity contribution in [2.24, 2.45) is 11.7 Å². The molecule has 0 fully saturated rings. The Morgan fingerprint density at radius 3 is 2.44 bits per heavy atom. The molecule has 0 aromatic heterocycles. The third kappa shape index (κ3) is 3.50. The molecule has 0 aromatic rings. The molecule has 0 aromatic carbocycles. The van der Waals surface area contributed by atoms with E-state index in [1.807, 2.05) is 6.07 Å². The van der Waals surface area contributed by atoms with Crippen LogP contribution in [0.5, 0.6) is 0 Å². The van der Waals surface area contributed by atoms with Gasteiger partial charge < -0.3 is 5.73 Å². The first kappa shape index (κ1) is 16.0. The number of hydrogen-bond acceptors (Lipinski definition) is 2. The standard InChI is InChI=1S/C15H19FN2/c1-6-13(18)8-9-14(12(5)10-17)15(16,7-2)11(3)4/h1,8-9,11H,5,7,18H2,2-4H3/b13-8+,14-9+. The summed E-state index contributed by atoms with van der Waals surface area (Å²) < 4.78 is 14.9. The Kier molecular flexibility index (Phi) is 5.93. The van der Waals surface area contributed by atoms with Crippen LogP contribution in [-0.2, 0) is 0 Å². The number of halogens is 1. The molecule has 1 unspecified atom stereocenters. The van der Waals surface area contributed by atoms with Gasteiger partial charge in [-0.1, -0.05) is 39.3 Å². The maximum absolute atomic E-state index is 14.9. The van der Waals surface area contributed by atoms with Gasteiger partial charge >= 0.3 is 0 Å². The molecular weight excluding hydrogens is 227 g/mol. The first-order chi connectivity index (χ1) is 8.33. The number of allylic oxidation sites excluding steroid dienone is 5. The van der Waals surface area contributed by atoms with Gasteiger partial charge in [0.25, 0.3) is 0 Å². The highest BCUT2D eigenvalue weighted by molar-refractivity contribution is 5.48. The van der Waals surface area contributed by atoms with Gasteiger partial charge in [-0.3, -0.25) is 0 Å². The number of alkyl halides is 1. The van der Waals surface area contributed by atoms with Crippen molar-refractivity contribution in [3.05, 3.63) is 35.6 Å². The largest absolute Gasteiger partial charge is 0.392 e. The number of hydrogen-bond donors (Lipinski definition) is 1. The molecule has 0 aliphatic heterocycles. The molecule has 0 rings (SSSR count). The minimum Gasteiger partial charge on any atom is -0.392 e. The first-order valence-corrected chi connectivity index (χ1v) is 5.76. The van der Waals surface area contributed by atoms with E-state index in [2.05, 4.69) is 12.5 Å². The molecule has 0 aliphatic carbocycles. The van der Waals surface area contributed by atoms with E-state index in [1.165, 1.54) is 12.2 Å². The predicted molar refractivity (Wildman–Crippen MR) is 72.9 cm³/mol. The van der Waals surface area contributed by atoms with Crippen LogP contribution >= 0.6 is 0 Å². The van der Waals surface area contributed by atoms with Crippen LogP contribution in [0, 0.1) is 29.6 Å². The molecule has 2 N–H and O–H groups in total. The molecule has 0 saturated heterocycles. The van der Waals surface area contributed by atoms with Crippen molar-refractivity contribution >= 4 is 0 Å². The van der Waals surface area contributed by atoms with Crippen molar-refractivity contribution in [3.63, 3.8) is 0 Å². The minimum atomic E-state index is -1.61. The van der Waals surface area contributed by atoms with E-state index in [4.69, 9.17) is 17.4 Å². The summed E-state index contributed by atoms with van der Waals surface area (Å²) in [6.07, 6.45) is 8.23. The van der Waals surface area contributed by atoms with Gasteiger partial charge in [-0.05, 0) is 18.4 Å². The minimum absolute atomic E-state index is 0.0918. The molecule has 0 aliphatic rings. The lowest BCUT2D eigenvalue weighted by Crippen LogP contribution is -2.32. The summed E-state index contributed by atoms with van der Waals surface area (Å²) in [7, 11) is 0. The van der Waals surface area contributed by atoms with Crippen LogP contribution < -0.4 is 5.73 Å². The topological polar surface area (TPSA) is 49.8 Å². The van der Waals surface area contributed by atoms with Gasteiger partial charge in [0.1, 0.15) is 5.67 Å². The van der Waals surface area contributed by atoms with Crippen LogP contribution in [0.3, 0.4) is 0 Å². The highest BCUT2D eigenvalue weighted by atomic mass is 19.1. The number of nitriles is 1. The fraction of sp³-hybridized carbons (Fsp3) is 0.400. The van der Waals surface area contributed by atoms with Crippen LogP contribution in [0.15, 0.2) is 35.6 Å². The van der Waals surface area contributed by atoms with Gasteiger partial charge in [0.2, 0.25) is 0 Å². The molecule has 96 valence electrons. The summed E-state index contributed by atoms with van der Waals surface area (Å²) in [5.74, 6) is 1.96. The van der Waals surface area contributed by atoms with E-state index in [9.17, 15) is 4.39 Å². The molecule has 0 radical (unpaired) electrons. The van der Waals surface area contributed by atoms with Crippen molar-refractivity contribution in [2.45, 2.75) is 32.9 Å². The Bertz CT molecular complexity index is 458. The first-order valence-electron chi connectivity index (χ1n) is 5.76. The number of nitrogens with two attached hydrogens (primary N) is 1. The third-order valence-corrected chi connectivity index (χ3v) is 2.93. The number of rotatable bonds is 5. The number of nitrogens with zero attached hydrogens (tertiary/aromatic N) is 1. The quantitative estimate of drug-likeness (QED) is 0.460. The molecule has 0 bridgehead atoms. The van der Waals surface area contributed by atoms with Gasteiger partial charge in [0, 0.05) is 5.57 Å². The Labute approximate surface area is 109 Å². The maximum Gasteiger partial charge on any atom is 0.139 e. The third-order valence-electron chi connectivity index (χ3n) is 2.93. The Hall–Kier alpha value is -2.00. The molecule has 0 amide bonds. The zero-order chi connectivity index (χ0) is 14.3. The van der Waals surface area contributed by atoms with Crippen LogP contribution in [-0.4, -0.2) is 5.67 Å². The SMILES string of the molecule is C#C/C(N)=C\C=C(/C(=C)C#N)C(F)(CC)C(C)C. The van der Waals surface area contributed by atoms with E-state index in [1.54, 1.807) is 20.8 Å². The molecule has 0 spiro atoms. The van der Waals surface area contributed by atoms with Crippen molar-refractivity contribution in [1.29, 1.82) is 5.26 Å². The monoisotopic (exact) mass is 246 g/mol. The van der Waals surface area contributed by atoms with Crippen LogP contribution in [0.4, 0.5) is 4.39 Å². The van der Waals surface area contributed by atoms with Gasteiger partial charge in [-0.15, -0.1) is 6.42 Å². The van der Waals surface area contributed by atoms with Crippen molar-refractivity contribution < 1.29 is 4.39 Å². The molecule has 2 nitrogen and oxygen atoms in total. The van der Waals surface area contributed by atoms with E-state index in [0.717, 1.165) is 0 Å². The summed E-state index contributed by atoms with van der Waals surface area (Å²) in [5, 5.41) is 8.92. The molecule has 3 heteroatoms. The highest BCUT2D eigenvalue weighted by Crippen LogP contribution is 2.37. The van der Waals surface area contributed by atoms with Crippen LogP contribution in [0.2, 0.25) is 0 Å². The average Bonchev–Trinajstić information content (AvgIpc) is 2.37. The molecule has 0 heterocycles. The smallest absolute Gasteiger partial charge is 0.139 e. The molecule has 18 heavy (non-hydrogen) atoms. The predicted octanol–water partition coefficient (Wildman–Crippen LogP) is 3.24. The lowest BCUT2D eigenvalue weighted by molar-refractivity contribution is 0.142. The lowest BCUT2D eigenvalue weighted by atomic mass is 9.79. The fourth-order valence-corrected chi connectivity index (χ4v) is 1.68. The second kappa shape index (κ2) is 6.67. The zero-order valence-corrected chi connectivity index (χ0v) is 11.1. The lowest BCUT2D eigenvalue weighted by Gasteiger charge is -2.30. The zero-order valence-electron chi connectivity index (χ0n) is 11.1. The van der Waals surface area contributed by atoms with Gasteiger partial charge in [-0.2, -0.15) is 5.26 Å².